The SMILES string of the molecule is CCCCCCCCCCCCCCCCCCCC/C=C\CCCCCCCCCCCCCCCCCCCC(=O)NC(COP(=O)([O-])OCC[N+](C)(C)C)C(O)CCCCCCCCCCCCCCCCCCC. The number of hydrogen-bond acceptors (Lipinski definition) is 6. The van der Waals surface area contributed by atoms with Crippen molar-refractivity contribution in [2.45, 2.75) is 386 Å². The average Bonchev–Trinajstić information content (AvgIpc) is 3.40. The number of nitrogens with one attached hydrogen (secondary N) is 1. The second-order valence-corrected chi connectivity index (χ2v) is 27.0. The summed E-state index contributed by atoms with van der Waals surface area (Å²) in [7, 11) is 1.32. The molecule has 78 heavy (non-hydrogen) atoms. The highest BCUT2D eigenvalue weighted by molar-refractivity contribution is 7.45. The standard InChI is InChI=1S/C69H139N2O6P/c1-6-8-10-12-14-16-18-20-22-24-25-26-27-28-29-30-31-32-33-34-35-36-37-38-39-40-41-42-43-44-45-47-49-51-53-55-57-59-61-63-69(73)70-67(66-77-78(74,75)76-65-64-71(3,4)5)68(72)62-60-58-56-54-52-50-48-46-23-21-19-17-15-13-11-9-7-2/h34-35,67-68,72H,6-33,36-66H2,1-5H3,(H-,70,73,74,75)/b35-34-. The van der Waals surface area contributed by atoms with Crippen molar-refractivity contribution in [3.8, 4) is 0 Å². The molecule has 3 unspecified atom stereocenters. The highest BCUT2D eigenvalue weighted by Crippen LogP contribution is 2.38. The van der Waals surface area contributed by atoms with Crippen LogP contribution in [0.25, 0.3) is 0 Å². The highest BCUT2D eigenvalue weighted by Gasteiger charge is 2.24. The number of allylic oxidation sites excluding steroid dienone is 2. The van der Waals surface area contributed by atoms with Gasteiger partial charge in [0.15, 0.2) is 0 Å². The molecule has 466 valence electrons. The number of hydrogen-bond donors (Lipinski definition) is 2. The smallest absolute Gasteiger partial charge is 0.268 e. The van der Waals surface area contributed by atoms with Crippen molar-refractivity contribution < 1.29 is 32.9 Å². The van der Waals surface area contributed by atoms with E-state index >= 15 is 0 Å². The lowest BCUT2D eigenvalue weighted by Gasteiger charge is -2.30. The van der Waals surface area contributed by atoms with Gasteiger partial charge >= 0.3 is 0 Å². The molecule has 0 aliphatic rings. The molecule has 2 N–H and O–H groups in total. The fourth-order valence-electron chi connectivity index (χ4n) is 11.0. The number of likely N-dealkylation sites (N-methyl/N-ethyl adjacent to an activating group) is 1. The summed E-state index contributed by atoms with van der Waals surface area (Å²) in [5.41, 5.74) is 0. The molecule has 3 atom stereocenters. The van der Waals surface area contributed by atoms with E-state index in [4.69, 9.17) is 9.05 Å². The summed E-state index contributed by atoms with van der Waals surface area (Å²) in [5, 5.41) is 14.1. The van der Waals surface area contributed by atoms with E-state index in [2.05, 4.69) is 31.3 Å². The lowest BCUT2D eigenvalue weighted by molar-refractivity contribution is -0.870. The zero-order valence-corrected chi connectivity index (χ0v) is 54.3. The lowest BCUT2D eigenvalue weighted by atomic mass is 10.0. The topological polar surface area (TPSA) is 108 Å². The zero-order valence-electron chi connectivity index (χ0n) is 53.4. The van der Waals surface area contributed by atoms with Crippen molar-refractivity contribution in [1.29, 1.82) is 0 Å². The third-order valence-corrected chi connectivity index (χ3v) is 17.5. The number of nitrogens with zero attached hydrogens (tertiary/aromatic N) is 1. The first kappa shape index (κ1) is 77.2. The van der Waals surface area contributed by atoms with Gasteiger partial charge in [-0.25, -0.2) is 0 Å². The van der Waals surface area contributed by atoms with E-state index in [0.29, 0.717) is 23.9 Å². The zero-order chi connectivity index (χ0) is 57.0. The number of phosphoric ester groups is 1. The number of rotatable bonds is 66. The monoisotopic (exact) mass is 1120 g/mol. The summed E-state index contributed by atoms with van der Waals surface area (Å²) in [6.45, 7) is 4.78. The number of carbonyl (C=O) groups excluding carboxylic acids is 1. The number of carbonyl (C=O) groups is 1. The van der Waals surface area contributed by atoms with Crippen molar-refractivity contribution >= 4 is 13.7 Å². The molecule has 0 aromatic heterocycles. The third kappa shape index (κ3) is 62.8. The Morgan fingerprint density at radius 1 is 0.436 bits per heavy atom. The summed E-state index contributed by atoms with van der Waals surface area (Å²) >= 11 is 0. The summed E-state index contributed by atoms with van der Waals surface area (Å²) in [4.78, 5) is 25.6. The van der Waals surface area contributed by atoms with Crippen molar-refractivity contribution in [1.82, 2.24) is 5.32 Å². The van der Waals surface area contributed by atoms with Crippen LogP contribution >= 0.6 is 7.82 Å². The summed E-state index contributed by atoms with van der Waals surface area (Å²) < 4.78 is 23.5. The van der Waals surface area contributed by atoms with Gasteiger partial charge in [0, 0.05) is 6.42 Å². The van der Waals surface area contributed by atoms with Gasteiger partial charge in [0.2, 0.25) is 5.91 Å². The lowest BCUT2D eigenvalue weighted by Crippen LogP contribution is -2.46. The molecule has 0 heterocycles. The molecule has 0 aromatic carbocycles. The number of aliphatic hydroxyl groups excluding tert-OH is 1. The van der Waals surface area contributed by atoms with Gasteiger partial charge in [0.1, 0.15) is 13.2 Å². The average molecular weight is 1120 g/mol. The Morgan fingerprint density at radius 3 is 1.00 bits per heavy atom. The second kappa shape index (κ2) is 60.8. The number of amides is 1. The van der Waals surface area contributed by atoms with E-state index in [9.17, 15) is 19.4 Å². The van der Waals surface area contributed by atoms with E-state index in [-0.39, 0.29) is 19.1 Å². The van der Waals surface area contributed by atoms with Crippen molar-refractivity contribution in [3.05, 3.63) is 12.2 Å². The summed E-state index contributed by atoms with van der Waals surface area (Å²) in [5.74, 6) is -0.157. The minimum Gasteiger partial charge on any atom is -0.756 e. The molecular formula is C69H139N2O6P. The van der Waals surface area contributed by atoms with E-state index < -0.39 is 20.0 Å². The molecule has 0 radical (unpaired) electrons. The molecule has 0 rings (SSSR count). The Morgan fingerprint density at radius 2 is 0.705 bits per heavy atom. The molecule has 0 spiro atoms. The van der Waals surface area contributed by atoms with Gasteiger partial charge in [-0.2, -0.15) is 0 Å². The minimum absolute atomic E-state index is 0.0155. The van der Waals surface area contributed by atoms with Gasteiger partial charge in [0.25, 0.3) is 7.82 Å². The van der Waals surface area contributed by atoms with Crippen LogP contribution in [0.2, 0.25) is 0 Å². The first-order chi connectivity index (χ1) is 38.0. The molecule has 1 amide bonds. The van der Waals surface area contributed by atoms with Gasteiger partial charge in [-0.1, -0.05) is 341 Å². The molecule has 0 aromatic rings. The van der Waals surface area contributed by atoms with E-state index in [0.717, 1.165) is 38.5 Å². The summed E-state index contributed by atoms with van der Waals surface area (Å²) in [6.07, 6.45) is 77.3. The van der Waals surface area contributed by atoms with Crippen molar-refractivity contribution in [2.24, 2.45) is 0 Å². The first-order valence-corrected chi connectivity index (χ1v) is 36.5. The predicted molar refractivity (Wildman–Crippen MR) is 339 cm³/mol. The Balaban J connectivity index is 3.87. The molecule has 0 aliphatic carbocycles. The normalized spacial score (nSPS) is 13.7. The maximum absolute atomic E-state index is 13.0. The molecular weight excluding hydrogens is 984 g/mol. The van der Waals surface area contributed by atoms with Crippen LogP contribution in [0.15, 0.2) is 12.2 Å². The predicted octanol–water partition coefficient (Wildman–Crippen LogP) is 21.5. The fraction of sp³-hybridized carbons (Fsp3) is 0.957. The van der Waals surface area contributed by atoms with Crippen LogP contribution in [0, 0.1) is 0 Å². The Bertz CT molecular complexity index is 1280. The van der Waals surface area contributed by atoms with Crippen LogP contribution in [0.1, 0.15) is 373 Å². The van der Waals surface area contributed by atoms with Gasteiger partial charge in [-0.05, 0) is 38.5 Å². The Labute approximate surface area is 488 Å². The van der Waals surface area contributed by atoms with E-state index in [1.54, 1.807) is 0 Å². The molecule has 9 heteroatoms. The van der Waals surface area contributed by atoms with Gasteiger partial charge in [-0.3, -0.25) is 9.36 Å². The molecule has 0 fully saturated rings. The minimum atomic E-state index is -4.57. The molecule has 8 nitrogen and oxygen atoms in total. The van der Waals surface area contributed by atoms with Gasteiger partial charge < -0.3 is 28.8 Å². The van der Waals surface area contributed by atoms with Crippen molar-refractivity contribution in [2.75, 3.05) is 40.9 Å². The molecule has 0 saturated heterocycles. The Kier molecular flexibility index (Phi) is 60.2. The largest absolute Gasteiger partial charge is 0.756 e. The molecule has 0 aliphatic heterocycles. The second-order valence-electron chi connectivity index (χ2n) is 25.6. The van der Waals surface area contributed by atoms with E-state index in [1.807, 2.05) is 21.1 Å². The van der Waals surface area contributed by atoms with Gasteiger partial charge in [0.05, 0.1) is 39.9 Å². The first-order valence-electron chi connectivity index (χ1n) is 35.0. The van der Waals surface area contributed by atoms with Gasteiger partial charge in [-0.15, -0.1) is 0 Å². The highest BCUT2D eigenvalue weighted by atomic mass is 31.2. The molecule has 0 saturated carbocycles. The third-order valence-electron chi connectivity index (χ3n) is 16.5. The van der Waals surface area contributed by atoms with Crippen LogP contribution in [-0.2, 0) is 18.4 Å². The van der Waals surface area contributed by atoms with Crippen LogP contribution in [0.4, 0.5) is 0 Å². The van der Waals surface area contributed by atoms with Crippen LogP contribution in [0.5, 0.6) is 0 Å². The van der Waals surface area contributed by atoms with Crippen LogP contribution in [-0.4, -0.2) is 68.5 Å². The number of phosphoric acid groups is 1. The van der Waals surface area contributed by atoms with Crippen LogP contribution < -0.4 is 10.2 Å². The summed E-state index contributed by atoms with van der Waals surface area (Å²) in [6, 6.07) is -0.798. The van der Waals surface area contributed by atoms with E-state index in [1.165, 1.54) is 308 Å². The number of quaternary nitrogens is 1. The van der Waals surface area contributed by atoms with Crippen molar-refractivity contribution in [3.63, 3.8) is 0 Å². The number of aliphatic hydroxyl groups is 1. The fourth-order valence-corrected chi connectivity index (χ4v) is 11.8. The van der Waals surface area contributed by atoms with Crippen LogP contribution in [0.3, 0.4) is 0 Å². The molecule has 0 bridgehead atoms. The number of unbranched alkanes of at least 4 members (excludes halogenated alkanes) is 51. The maximum atomic E-state index is 13.0. The Hall–Kier alpha value is -0.760. The quantitative estimate of drug-likeness (QED) is 0.0272. The maximum Gasteiger partial charge on any atom is 0.268 e.